The number of aromatic nitrogens is 4. The van der Waals surface area contributed by atoms with Crippen molar-refractivity contribution in [3.05, 3.63) is 94.1 Å². The molecule has 12 nitrogen and oxygen atoms in total. The fraction of sp³-hybridized carbons (Fsp3) is 0.267. The standard InChI is InChI=1S/C15H17FN4O2.C8H14N4O.C7H4ClFO/c1-3-4-11-12(13(14(17)21)20(2)19-11)18-15(22)9-5-7-10(16)8-6-9;1-3-4-5-6(9)7(8(10)13)12(2)11-5;8-7(10)5-1-3-6(9)4-2-5/h5-8H,3-4H2,1-2H3,(H2,17,21)(H,18,22);3-4,9H2,1-2H3,(H2,10,13);1-4H. The number of carbonyl (C=O) groups is 4. The molecule has 4 rings (SSSR count). The van der Waals surface area contributed by atoms with E-state index in [-0.39, 0.29) is 17.1 Å². The molecule has 0 aliphatic heterocycles. The van der Waals surface area contributed by atoms with Gasteiger partial charge in [0.1, 0.15) is 23.0 Å². The van der Waals surface area contributed by atoms with Gasteiger partial charge in [0.15, 0.2) is 0 Å². The second kappa shape index (κ2) is 16.7. The molecule has 7 N–H and O–H groups in total. The van der Waals surface area contributed by atoms with Gasteiger partial charge in [0.25, 0.3) is 23.0 Å². The highest BCUT2D eigenvalue weighted by atomic mass is 35.5. The molecule has 240 valence electrons. The van der Waals surface area contributed by atoms with Crippen LogP contribution in [-0.2, 0) is 26.9 Å². The highest BCUT2D eigenvalue weighted by molar-refractivity contribution is 6.67. The fourth-order valence-corrected chi connectivity index (χ4v) is 4.21. The Bertz CT molecular complexity index is 1650. The lowest BCUT2D eigenvalue weighted by Crippen LogP contribution is -2.20. The van der Waals surface area contributed by atoms with Gasteiger partial charge in [-0.2, -0.15) is 10.2 Å². The second-order valence-corrected chi connectivity index (χ2v) is 9.94. The molecule has 0 spiro atoms. The molecule has 2 heterocycles. The number of nitrogens with two attached hydrogens (primary N) is 3. The Labute approximate surface area is 263 Å². The lowest BCUT2D eigenvalue weighted by atomic mass is 10.1. The van der Waals surface area contributed by atoms with Gasteiger partial charge in [-0.3, -0.25) is 28.5 Å². The Morgan fingerprint density at radius 3 is 1.60 bits per heavy atom. The van der Waals surface area contributed by atoms with Gasteiger partial charge in [-0.05, 0) is 73.0 Å². The Kier molecular flexibility index (Phi) is 13.4. The van der Waals surface area contributed by atoms with Crippen molar-refractivity contribution < 1.29 is 28.0 Å². The first-order valence-corrected chi connectivity index (χ1v) is 14.1. The Morgan fingerprint density at radius 2 is 1.18 bits per heavy atom. The number of benzene rings is 2. The van der Waals surface area contributed by atoms with Crippen LogP contribution in [0.2, 0.25) is 0 Å². The number of rotatable bonds is 9. The largest absolute Gasteiger partial charge is 0.395 e. The summed E-state index contributed by atoms with van der Waals surface area (Å²) in [6.45, 7) is 3.99. The van der Waals surface area contributed by atoms with Crippen molar-refractivity contribution in [1.82, 2.24) is 19.6 Å². The highest BCUT2D eigenvalue weighted by Gasteiger charge is 2.22. The van der Waals surface area contributed by atoms with E-state index in [1.165, 1.54) is 57.9 Å². The van der Waals surface area contributed by atoms with Gasteiger partial charge < -0.3 is 22.5 Å². The van der Waals surface area contributed by atoms with Crippen LogP contribution in [0, 0.1) is 11.6 Å². The third-order valence-corrected chi connectivity index (χ3v) is 6.35. The number of halogens is 3. The van der Waals surface area contributed by atoms with E-state index in [1.54, 1.807) is 14.1 Å². The minimum atomic E-state index is -0.674. The van der Waals surface area contributed by atoms with Crippen LogP contribution in [0.25, 0.3) is 0 Å². The first-order valence-electron chi connectivity index (χ1n) is 13.7. The number of aryl methyl sites for hydroxylation is 4. The molecule has 4 aromatic rings. The SMILES string of the molecule is CCCc1nn(C)c(C(N)=O)c1N.CCCc1nn(C)c(C(N)=O)c1NC(=O)c1ccc(F)cc1.O=C(Cl)c1ccc(F)cc1. The summed E-state index contributed by atoms with van der Waals surface area (Å²) in [5.74, 6) is -2.46. The molecular formula is C30H35ClF2N8O4. The van der Waals surface area contributed by atoms with Gasteiger partial charge in [0.2, 0.25) is 0 Å². The predicted molar refractivity (Wildman–Crippen MR) is 167 cm³/mol. The van der Waals surface area contributed by atoms with E-state index in [0.717, 1.165) is 25.0 Å². The zero-order valence-electron chi connectivity index (χ0n) is 25.2. The zero-order valence-corrected chi connectivity index (χ0v) is 26.0. The van der Waals surface area contributed by atoms with Crippen LogP contribution < -0.4 is 22.5 Å². The van der Waals surface area contributed by atoms with Gasteiger partial charge in [-0.25, -0.2) is 8.78 Å². The number of primary amides is 2. The van der Waals surface area contributed by atoms with Crippen LogP contribution in [0.4, 0.5) is 20.2 Å². The maximum atomic E-state index is 12.9. The average molecular weight is 645 g/mol. The third kappa shape index (κ3) is 9.96. The number of nitrogen functional groups attached to an aromatic ring is 1. The van der Waals surface area contributed by atoms with Crippen molar-refractivity contribution in [3.8, 4) is 0 Å². The number of hydrogen-bond acceptors (Lipinski definition) is 7. The molecule has 0 aliphatic rings. The number of hydrogen-bond donors (Lipinski definition) is 4. The van der Waals surface area contributed by atoms with E-state index in [1.807, 2.05) is 13.8 Å². The molecular weight excluding hydrogens is 610 g/mol. The lowest BCUT2D eigenvalue weighted by Gasteiger charge is -2.07. The van der Waals surface area contributed by atoms with Gasteiger partial charge in [0, 0.05) is 25.2 Å². The van der Waals surface area contributed by atoms with Crippen molar-refractivity contribution in [2.45, 2.75) is 39.5 Å². The lowest BCUT2D eigenvalue weighted by molar-refractivity contribution is 0.0982. The van der Waals surface area contributed by atoms with Crippen molar-refractivity contribution in [2.75, 3.05) is 11.1 Å². The Balaban J connectivity index is 0.000000259. The van der Waals surface area contributed by atoms with E-state index in [0.29, 0.717) is 34.7 Å². The van der Waals surface area contributed by atoms with E-state index >= 15 is 0 Å². The van der Waals surface area contributed by atoms with Gasteiger partial charge in [-0.15, -0.1) is 0 Å². The van der Waals surface area contributed by atoms with Crippen LogP contribution in [-0.4, -0.2) is 42.5 Å². The Morgan fingerprint density at radius 1 is 0.756 bits per heavy atom. The average Bonchev–Trinajstić information content (AvgIpc) is 3.43. The molecule has 2 aromatic carbocycles. The highest BCUT2D eigenvalue weighted by Crippen LogP contribution is 2.22. The van der Waals surface area contributed by atoms with E-state index in [9.17, 15) is 28.0 Å². The summed E-state index contributed by atoms with van der Waals surface area (Å²) in [6.07, 6.45) is 3.11. The van der Waals surface area contributed by atoms with Crippen LogP contribution in [0.5, 0.6) is 0 Å². The number of carbonyl (C=O) groups excluding carboxylic acids is 4. The summed E-state index contributed by atoms with van der Waals surface area (Å²) in [4.78, 5) is 45.2. The van der Waals surface area contributed by atoms with Crippen LogP contribution in [0.3, 0.4) is 0 Å². The van der Waals surface area contributed by atoms with Gasteiger partial charge in [-0.1, -0.05) is 26.7 Å². The van der Waals surface area contributed by atoms with Crippen LogP contribution in [0.1, 0.15) is 79.8 Å². The van der Waals surface area contributed by atoms with Crippen molar-refractivity contribution >= 4 is 45.9 Å². The monoisotopic (exact) mass is 644 g/mol. The predicted octanol–water partition coefficient (Wildman–Crippen LogP) is 4.12. The number of nitrogens with one attached hydrogen (secondary N) is 1. The van der Waals surface area contributed by atoms with E-state index in [2.05, 4.69) is 15.5 Å². The van der Waals surface area contributed by atoms with Crippen molar-refractivity contribution in [1.29, 1.82) is 0 Å². The number of amides is 3. The molecule has 0 unspecified atom stereocenters. The number of anilines is 2. The quantitative estimate of drug-likeness (QED) is 0.197. The summed E-state index contributed by atoms with van der Waals surface area (Å²) < 4.78 is 27.9. The fourth-order valence-electron chi connectivity index (χ4n) is 4.08. The van der Waals surface area contributed by atoms with E-state index < -0.39 is 28.8 Å². The summed E-state index contributed by atoms with van der Waals surface area (Å²) in [7, 11) is 3.25. The third-order valence-electron chi connectivity index (χ3n) is 6.14. The summed E-state index contributed by atoms with van der Waals surface area (Å²) in [6, 6.07) is 10.2. The smallest absolute Gasteiger partial charge is 0.269 e. The van der Waals surface area contributed by atoms with Gasteiger partial charge >= 0.3 is 0 Å². The Hall–Kier alpha value is -5.11. The molecule has 3 amide bonds. The van der Waals surface area contributed by atoms with Crippen LogP contribution >= 0.6 is 11.6 Å². The first-order chi connectivity index (χ1) is 21.2. The molecule has 0 saturated carbocycles. The minimum Gasteiger partial charge on any atom is -0.395 e. The number of nitrogens with zero attached hydrogens (tertiary/aromatic N) is 4. The summed E-state index contributed by atoms with van der Waals surface area (Å²) in [5.41, 5.74) is 19.3. The van der Waals surface area contributed by atoms with Crippen molar-refractivity contribution in [3.63, 3.8) is 0 Å². The van der Waals surface area contributed by atoms with E-state index in [4.69, 9.17) is 28.8 Å². The molecule has 45 heavy (non-hydrogen) atoms. The first kappa shape index (κ1) is 36.1. The zero-order chi connectivity index (χ0) is 33.8. The van der Waals surface area contributed by atoms with Gasteiger partial charge in [0.05, 0.1) is 22.8 Å². The van der Waals surface area contributed by atoms with Crippen LogP contribution in [0.15, 0.2) is 48.5 Å². The molecule has 0 radical (unpaired) electrons. The molecule has 15 heteroatoms. The minimum absolute atomic E-state index is 0.138. The molecule has 0 bridgehead atoms. The summed E-state index contributed by atoms with van der Waals surface area (Å²) >= 11 is 5.09. The molecule has 0 aliphatic carbocycles. The molecule has 0 saturated heterocycles. The molecule has 0 atom stereocenters. The molecule has 0 fully saturated rings. The second-order valence-electron chi connectivity index (χ2n) is 9.60. The normalized spacial score (nSPS) is 10.2. The van der Waals surface area contributed by atoms with Crippen molar-refractivity contribution in [2.24, 2.45) is 25.6 Å². The maximum absolute atomic E-state index is 12.9. The molecule has 2 aromatic heterocycles. The summed E-state index contributed by atoms with van der Waals surface area (Å²) in [5, 5.41) is 10.4. The topological polar surface area (TPSA) is 194 Å². The maximum Gasteiger partial charge on any atom is 0.269 e.